The molecule has 0 saturated heterocycles. The van der Waals surface area contributed by atoms with Crippen LogP contribution in [0.15, 0.2) is 87.9 Å². The van der Waals surface area contributed by atoms with Crippen molar-refractivity contribution < 1.29 is 23.1 Å². The van der Waals surface area contributed by atoms with E-state index in [1.165, 1.54) is 12.1 Å². The van der Waals surface area contributed by atoms with Crippen LogP contribution < -0.4 is 5.32 Å². The molecule has 0 unspecified atom stereocenters. The second kappa shape index (κ2) is 10.0. The lowest BCUT2D eigenvalue weighted by atomic mass is 10.1. The van der Waals surface area contributed by atoms with Gasteiger partial charge in [0.2, 0.25) is 5.88 Å². The third-order valence-corrected chi connectivity index (χ3v) is 5.90. The first-order chi connectivity index (χ1) is 16.3. The number of alkyl halides is 3. The first-order valence-electron chi connectivity index (χ1n) is 10.2. The summed E-state index contributed by atoms with van der Waals surface area (Å²) in [6.07, 6.45) is -4.58. The van der Waals surface area contributed by atoms with Crippen LogP contribution >= 0.6 is 11.8 Å². The average molecular weight is 485 g/mol. The van der Waals surface area contributed by atoms with Gasteiger partial charge >= 0.3 is 6.18 Å². The molecule has 0 atom stereocenters. The molecule has 1 amide bonds. The lowest BCUT2D eigenvalue weighted by Crippen LogP contribution is -2.25. The Morgan fingerprint density at radius 2 is 1.71 bits per heavy atom. The number of carbonyl (C=O) groups excluding carboxylic acids is 1. The molecule has 3 N–H and O–H groups in total. The number of azo groups is 1. The number of aromatic nitrogens is 1. The summed E-state index contributed by atoms with van der Waals surface area (Å²) in [4.78, 5) is 15.8. The van der Waals surface area contributed by atoms with Crippen LogP contribution in [0.3, 0.4) is 0 Å². The third kappa shape index (κ3) is 5.40. The van der Waals surface area contributed by atoms with E-state index in [-0.39, 0.29) is 22.5 Å². The molecule has 34 heavy (non-hydrogen) atoms. The van der Waals surface area contributed by atoms with Crippen LogP contribution in [-0.4, -0.2) is 28.3 Å². The van der Waals surface area contributed by atoms with Crippen molar-refractivity contribution in [3.05, 3.63) is 83.9 Å². The topological polar surface area (TPSA) is 89.8 Å². The van der Waals surface area contributed by atoms with E-state index in [0.717, 1.165) is 16.7 Å². The molecule has 0 aliphatic heterocycles. The zero-order valence-electron chi connectivity index (χ0n) is 17.6. The summed E-state index contributed by atoms with van der Waals surface area (Å²) in [5, 5.41) is 20.9. The van der Waals surface area contributed by atoms with Crippen LogP contribution in [0, 0.1) is 0 Å². The number of hydrogen-bond donors (Lipinski definition) is 3. The first-order valence-corrected chi connectivity index (χ1v) is 11.2. The van der Waals surface area contributed by atoms with Gasteiger partial charge < -0.3 is 15.4 Å². The molecule has 0 spiro atoms. The molecule has 1 aromatic heterocycles. The highest BCUT2D eigenvalue weighted by molar-refractivity contribution is 7.99. The van der Waals surface area contributed by atoms with Crippen LogP contribution in [0.1, 0.15) is 15.9 Å². The summed E-state index contributed by atoms with van der Waals surface area (Å²) < 4.78 is 39.6. The fourth-order valence-corrected chi connectivity index (χ4v) is 4.06. The van der Waals surface area contributed by atoms with Crippen LogP contribution in [0.4, 0.5) is 24.5 Å². The zero-order valence-corrected chi connectivity index (χ0v) is 18.5. The van der Waals surface area contributed by atoms with E-state index in [2.05, 4.69) is 20.5 Å². The number of nitrogens with one attached hydrogen (secondary N) is 2. The number of halogens is 3. The van der Waals surface area contributed by atoms with Crippen molar-refractivity contribution >= 4 is 39.9 Å². The SMILES string of the molecule is O=C(NCCSc1ccccc1)c1ccc(N=Nc2c(O)[nH]c3c(C(F)(F)F)cccc23)cc1. The smallest absolute Gasteiger partial charge is 0.418 e. The molecule has 3 aromatic carbocycles. The number of carbonyl (C=O) groups is 1. The Labute approximate surface area is 196 Å². The van der Waals surface area contributed by atoms with Gasteiger partial charge in [-0.2, -0.15) is 18.3 Å². The molecule has 4 rings (SSSR count). The second-order valence-electron chi connectivity index (χ2n) is 7.21. The van der Waals surface area contributed by atoms with Gasteiger partial charge in [-0.25, -0.2) is 0 Å². The molecule has 10 heteroatoms. The molecule has 0 aliphatic carbocycles. The zero-order chi connectivity index (χ0) is 24.1. The van der Waals surface area contributed by atoms with Crippen molar-refractivity contribution in [3.8, 4) is 5.88 Å². The van der Waals surface area contributed by atoms with Gasteiger partial charge in [-0.1, -0.05) is 30.3 Å². The van der Waals surface area contributed by atoms with Crippen LogP contribution in [0.25, 0.3) is 10.9 Å². The van der Waals surface area contributed by atoms with Crippen molar-refractivity contribution in [1.82, 2.24) is 10.3 Å². The Hall–Kier alpha value is -3.79. The van der Waals surface area contributed by atoms with Crippen molar-refractivity contribution in [2.75, 3.05) is 12.3 Å². The molecule has 0 bridgehead atoms. The molecule has 1 heterocycles. The highest BCUT2D eigenvalue weighted by atomic mass is 32.2. The van der Waals surface area contributed by atoms with E-state index in [1.807, 2.05) is 30.3 Å². The van der Waals surface area contributed by atoms with E-state index < -0.39 is 17.6 Å². The number of rotatable bonds is 7. The lowest BCUT2D eigenvalue weighted by Gasteiger charge is -2.07. The van der Waals surface area contributed by atoms with E-state index in [4.69, 9.17) is 0 Å². The second-order valence-corrected chi connectivity index (χ2v) is 8.38. The van der Waals surface area contributed by atoms with E-state index in [9.17, 15) is 23.1 Å². The third-order valence-electron chi connectivity index (χ3n) is 4.89. The van der Waals surface area contributed by atoms with Gasteiger partial charge in [0.15, 0.2) is 5.69 Å². The molecule has 0 fully saturated rings. The Kier molecular flexibility index (Phi) is 6.87. The summed E-state index contributed by atoms with van der Waals surface area (Å²) in [5.41, 5.74) is -0.456. The highest BCUT2D eigenvalue weighted by Crippen LogP contribution is 2.42. The van der Waals surface area contributed by atoms with E-state index in [0.29, 0.717) is 17.8 Å². The summed E-state index contributed by atoms with van der Waals surface area (Å²) in [5.74, 6) is -0.0161. The summed E-state index contributed by atoms with van der Waals surface area (Å²) in [7, 11) is 0. The molecular weight excluding hydrogens is 465 g/mol. The molecular formula is C24H19F3N4O2S. The number of aromatic hydroxyl groups is 1. The predicted octanol–water partition coefficient (Wildman–Crippen LogP) is 6.83. The molecule has 4 aromatic rings. The number of fused-ring (bicyclic) bond motifs is 1. The Morgan fingerprint density at radius 1 is 0.971 bits per heavy atom. The number of para-hydroxylation sites is 1. The standard InChI is InChI=1S/C24H19F3N4O2S/c25-24(26,27)19-8-4-7-18-20(19)29-23(33)21(18)31-30-16-11-9-15(10-12-16)22(32)28-13-14-34-17-5-2-1-3-6-17/h1-12,29,33H,13-14H2,(H,28,32). The number of H-pyrrole nitrogens is 1. The maximum absolute atomic E-state index is 13.2. The fraction of sp³-hybridized carbons (Fsp3) is 0.125. The summed E-state index contributed by atoms with van der Waals surface area (Å²) >= 11 is 1.64. The van der Waals surface area contributed by atoms with Gasteiger partial charge in [0, 0.05) is 28.1 Å². The largest absolute Gasteiger partial charge is 0.493 e. The molecule has 0 aliphatic rings. The van der Waals surface area contributed by atoms with Gasteiger partial charge in [0.1, 0.15) is 0 Å². The normalized spacial score (nSPS) is 11.9. The van der Waals surface area contributed by atoms with Crippen molar-refractivity contribution in [1.29, 1.82) is 0 Å². The Morgan fingerprint density at radius 3 is 2.41 bits per heavy atom. The van der Waals surface area contributed by atoms with Gasteiger partial charge in [-0.3, -0.25) is 4.79 Å². The molecule has 174 valence electrons. The fourth-order valence-electron chi connectivity index (χ4n) is 3.27. The summed E-state index contributed by atoms with van der Waals surface area (Å²) in [6.45, 7) is 0.500. The molecule has 0 radical (unpaired) electrons. The van der Waals surface area contributed by atoms with Gasteiger partial charge in [0.25, 0.3) is 5.91 Å². The van der Waals surface area contributed by atoms with Crippen molar-refractivity contribution in [3.63, 3.8) is 0 Å². The maximum atomic E-state index is 13.2. The lowest BCUT2D eigenvalue weighted by molar-refractivity contribution is -0.136. The number of nitrogens with zero attached hydrogens (tertiary/aromatic N) is 2. The number of aromatic amines is 1. The summed E-state index contributed by atoms with van der Waals surface area (Å²) in [6, 6.07) is 19.7. The van der Waals surface area contributed by atoms with Crippen molar-refractivity contribution in [2.45, 2.75) is 11.1 Å². The maximum Gasteiger partial charge on any atom is 0.418 e. The first kappa shape index (κ1) is 23.4. The Bertz CT molecular complexity index is 1320. The van der Waals surface area contributed by atoms with E-state index >= 15 is 0 Å². The number of hydrogen-bond acceptors (Lipinski definition) is 5. The van der Waals surface area contributed by atoms with E-state index in [1.54, 1.807) is 36.0 Å². The Balaban J connectivity index is 1.40. The van der Waals surface area contributed by atoms with Crippen LogP contribution in [0.5, 0.6) is 5.88 Å². The quantitative estimate of drug-likeness (QED) is 0.153. The molecule has 0 saturated carbocycles. The van der Waals surface area contributed by atoms with Gasteiger partial charge in [-0.15, -0.1) is 16.9 Å². The number of thioether (sulfide) groups is 1. The van der Waals surface area contributed by atoms with Gasteiger partial charge in [0.05, 0.1) is 16.8 Å². The molecule has 6 nitrogen and oxygen atoms in total. The number of benzene rings is 3. The minimum absolute atomic E-state index is 0.0976. The minimum atomic E-state index is -4.58. The van der Waals surface area contributed by atoms with Crippen LogP contribution in [-0.2, 0) is 6.18 Å². The minimum Gasteiger partial charge on any atom is -0.493 e. The highest BCUT2D eigenvalue weighted by Gasteiger charge is 2.34. The number of amides is 1. The monoisotopic (exact) mass is 484 g/mol. The van der Waals surface area contributed by atoms with Crippen molar-refractivity contribution in [2.24, 2.45) is 10.2 Å². The van der Waals surface area contributed by atoms with Crippen LogP contribution in [0.2, 0.25) is 0 Å². The van der Waals surface area contributed by atoms with Gasteiger partial charge in [-0.05, 0) is 42.5 Å². The predicted molar refractivity (Wildman–Crippen MR) is 125 cm³/mol. The average Bonchev–Trinajstić information content (AvgIpc) is 3.15.